The number of imide groups is 2. The summed E-state index contributed by atoms with van der Waals surface area (Å²) in [6, 6.07) is 4.29. The van der Waals surface area contributed by atoms with Crippen LogP contribution in [0.4, 0.5) is 14.4 Å². The van der Waals surface area contributed by atoms with Crippen LogP contribution in [0.15, 0.2) is 58.4 Å². The predicted octanol–water partition coefficient (Wildman–Crippen LogP) is 2.30. The van der Waals surface area contributed by atoms with Gasteiger partial charge in [-0.3, -0.25) is 24.1 Å². The molecule has 4 aliphatic rings. The lowest BCUT2D eigenvalue weighted by Crippen LogP contribution is -2.41. The summed E-state index contributed by atoms with van der Waals surface area (Å²) in [4.78, 5) is 61.2. The van der Waals surface area contributed by atoms with E-state index in [1.54, 1.807) is 38.1 Å². The Morgan fingerprint density at radius 2 is 1.14 bits per heavy atom. The summed E-state index contributed by atoms with van der Waals surface area (Å²) in [6.45, 7) is 5.97. The molecule has 8 amide bonds. The van der Waals surface area contributed by atoms with Crippen LogP contribution in [0.5, 0.6) is 23.0 Å². The molecule has 0 saturated heterocycles. The third-order valence-corrected chi connectivity index (χ3v) is 13.4. The van der Waals surface area contributed by atoms with E-state index in [0.717, 1.165) is 9.80 Å². The Balaban J connectivity index is 0.000000241. The lowest BCUT2D eigenvalue weighted by atomic mass is 9.90. The van der Waals surface area contributed by atoms with Gasteiger partial charge in [-0.05, 0) is 86.8 Å². The first-order chi connectivity index (χ1) is 30.5. The Bertz CT molecular complexity index is 2250. The number of amides is 8. The standard InChI is InChI=1S/C20H26N4O7S.C20H26N4O6S2/c1-3-30-16-12-15-14(11-17(16)32(28,29)23-19(26)21-2)13(7-10-31-15)6-8-22-20(27)24-9-4-5-18(24)25;1-3-29-16-12-15-14(11-17(16)32(27,28)23-19(31)21-2)13(7-10-30-15)6-8-22-20(26)24-9-4-5-18(24)25/h4-5,11-13H,3,6-10H2,1-2H3,(H,22,27)(H2,21,23,26);4-5,11-13H,3,6-10H2,1-2H3,(H,22,26)(H2,21,23,31). The van der Waals surface area contributed by atoms with Gasteiger partial charge in [-0.2, -0.15) is 0 Å². The smallest absolute Gasteiger partial charge is 0.328 e. The van der Waals surface area contributed by atoms with Crippen LogP contribution in [0, 0.1) is 0 Å². The molecule has 0 fully saturated rings. The van der Waals surface area contributed by atoms with Crippen LogP contribution < -0.4 is 49.7 Å². The monoisotopic (exact) mass is 948 g/mol. The summed E-state index contributed by atoms with van der Waals surface area (Å²) in [7, 11) is -5.35. The molecular formula is C40H52N8O13S3. The van der Waals surface area contributed by atoms with Gasteiger partial charge in [0, 0.05) is 64.6 Å². The first-order valence-electron chi connectivity index (χ1n) is 20.4. The molecule has 2 aromatic carbocycles. The number of thiocarbonyl (C=S) groups is 1. The molecule has 6 N–H and O–H groups in total. The number of nitrogens with one attached hydrogen (secondary N) is 6. The molecule has 0 saturated carbocycles. The normalized spacial score (nSPS) is 17.4. The van der Waals surface area contributed by atoms with Crippen LogP contribution in [0.2, 0.25) is 0 Å². The van der Waals surface area contributed by atoms with Gasteiger partial charge in [0.1, 0.15) is 32.8 Å². The topological polar surface area (TPSA) is 269 Å². The summed E-state index contributed by atoms with van der Waals surface area (Å²) in [5.74, 6) is 0.440. The highest BCUT2D eigenvalue weighted by atomic mass is 32.2. The van der Waals surface area contributed by atoms with Crippen molar-refractivity contribution in [3.05, 3.63) is 59.7 Å². The largest absolute Gasteiger partial charge is 0.493 e. The molecule has 6 rings (SSSR count). The third-order valence-electron chi connectivity index (χ3n) is 10.2. The molecular weight excluding hydrogens is 897 g/mol. The number of fused-ring (bicyclic) bond motifs is 2. The number of hydrogen-bond donors (Lipinski definition) is 6. The molecule has 0 bridgehead atoms. The van der Waals surface area contributed by atoms with Gasteiger partial charge in [0.25, 0.3) is 31.9 Å². The fourth-order valence-corrected chi connectivity index (χ4v) is 9.66. The second kappa shape index (κ2) is 22.0. The lowest BCUT2D eigenvalue weighted by Gasteiger charge is -2.28. The molecule has 0 aliphatic carbocycles. The molecule has 0 aromatic heterocycles. The number of nitrogens with zero attached hydrogens (tertiary/aromatic N) is 2. The van der Waals surface area contributed by atoms with E-state index >= 15 is 0 Å². The van der Waals surface area contributed by atoms with Crippen molar-refractivity contribution in [1.82, 2.24) is 40.5 Å². The number of urea groups is 3. The lowest BCUT2D eigenvalue weighted by molar-refractivity contribution is -0.122. The van der Waals surface area contributed by atoms with Gasteiger partial charge in [0.05, 0.1) is 26.4 Å². The van der Waals surface area contributed by atoms with Gasteiger partial charge in [-0.25, -0.2) is 35.9 Å². The van der Waals surface area contributed by atoms with Crippen LogP contribution in [-0.2, 0) is 29.6 Å². The number of carbonyl (C=O) groups excluding carboxylic acids is 5. The zero-order valence-electron chi connectivity index (χ0n) is 35.7. The van der Waals surface area contributed by atoms with E-state index in [-0.39, 0.29) is 76.4 Å². The van der Waals surface area contributed by atoms with E-state index in [0.29, 0.717) is 74.6 Å². The number of benzene rings is 2. The molecule has 2 aromatic rings. The predicted molar refractivity (Wildman–Crippen MR) is 235 cm³/mol. The van der Waals surface area contributed by atoms with Crippen molar-refractivity contribution in [3.8, 4) is 23.0 Å². The Labute approximate surface area is 376 Å². The molecule has 21 nitrogen and oxygen atoms in total. The van der Waals surface area contributed by atoms with Gasteiger partial charge in [-0.1, -0.05) is 12.2 Å². The van der Waals surface area contributed by atoms with Crippen LogP contribution >= 0.6 is 12.2 Å². The summed E-state index contributed by atoms with van der Waals surface area (Å²) < 4.78 is 78.1. The molecule has 4 heterocycles. The Hall–Kier alpha value is -6.14. The van der Waals surface area contributed by atoms with E-state index in [1.807, 2.05) is 4.72 Å². The molecule has 24 heteroatoms. The Kier molecular flexibility index (Phi) is 16.8. The number of ether oxygens (including phenoxy) is 4. The summed E-state index contributed by atoms with van der Waals surface area (Å²) in [6.07, 6.45) is 8.27. The van der Waals surface area contributed by atoms with E-state index in [9.17, 15) is 40.8 Å². The number of sulfonamides is 2. The van der Waals surface area contributed by atoms with Gasteiger partial charge in [0.15, 0.2) is 5.11 Å². The van der Waals surface area contributed by atoms with Crippen molar-refractivity contribution in [2.24, 2.45) is 0 Å². The molecule has 2 atom stereocenters. The number of carbonyl (C=O) groups is 5. The van der Waals surface area contributed by atoms with E-state index < -0.39 is 38.1 Å². The van der Waals surface area contributed by atoms with E-state index in [1.165, 1.54) is 38.4 Å². The SMILES string of the molecule is CCOc1cc2c(cc1S(=O)(=O)NC(=O)NC)C(CCNC(=O)N1CC=CC1=O)CCO2.CCOc1cc2c(cc1S(=O)(=O)NC(=S)NC)C(CCNC(=O)N1CC=CC1=O)CCO2. The summed E-state index contributed by atoms with van der Waals surface area (Å²) >= 11 is 4.95. The van der Waals surface area contributed by atoms with Crippen molar-refractivity contribution in [3.63, 3.8) is 0 Å². The van der Waals surface area contributed by atoms with Crippen molar-refractivity contribution in [2.75, 3.05) is 66.7 Å². The highest BCUT2D eigenvalue weighted by Gasteiger charge is 2.32. The van der Waals surface area contributed by atoms with Crippen molar-refractivity contribution >= 4 is 67.3 Å². The van der Waals surface area contributed by atoms with Gasteiger partial charge >= 0.3 is 18.1 Å². The molecule has 348 valence electrons. The maximum Gasteiger partial charge on any atom is 0.328 e. The zero-order valence-corrected chi connectivity index (χ0v) is 38.1. The molecule has 0 spiro atoms. The first kappa shape index (κ1) is 48.9. The highest BCUT2D eigenvalue weighted by Crippen LogP contribution is 2.43. The van der Waals surface area contributed by atoms with Crippen LogP contribution in [0.3, 0.4) is 0 Å². The van der Waals surface area contributed by atoms with Crippen molar-refractivity contribution < 1.29 is 59.8 Å². The van der Waals surface area contributed by atoms with Crippen molar-refractivity contribution in [1.29, 1.82) is 0 Å². The van der Waals surface area contributed by atoms with E-state index in [2.05, 4.69) is 26.0 Å². The Morgan fingerprint density at radius 3 is 1.52 bits per heavy atom. The molecule has 2 unspecified atom stereocenters. The minimum absolute atomic E-state index is 0.0355. The average molecular weight is 949 g/mol. The number of rotatable bonds is 14. The van der Waals surface area contributed by atoms with Crippen LogP contribution in [0.25, 0.3) is 0 Å². The Morgan fingerprint density at radius 1 is 0.703 bits per heavy atom. The second-order valence-electron chi connectivity index (χ2n) is 14.3. The maximum absolute atomic E-state index is 12.9. The molecule has 0 radical (unpaired) electrons. The molecule has 64 heavy (non-hydrogen) atoms. The van der Waals surface area contributed by atoms with Crippen LogP contribution in [-0.4, -0.2) is 128 Å². The van der Waals surface area contributed by atoms with Gasteiger partial charge < -0.3 is 40.2 Å². The van der Waals surface area contributed by atoms with Crippen molar-refractivity contribution in [2.45, 2.75) is 61.2 Å². The highest BCUT2D eigenvalue weighted by molar-refractivity contribution is 7.92. The fourth-order valence-electron chi connectivity index (χ4n) is 7.09. The average Bonchev–Trinajstić information content (AvgIpc) is 3.90. The van der Waals surface area contributed by atoms with Crippen LogP contribution in [0.1, 0.15) is 62.5 Å². The van der Waals surface area contributed by atoms with Gasteiger partial charge in [-0.15, -0.1) is 0 Å². The second-order valence-corrected chi connectivity index (χ2v) is 18.0. The number of hydrogen-bond acceptors (Lipinski definition) is 14. The molecule has 4 aliphatic heterocycles. The minimum Gasteiger partial charge on any atom is -0.493 e. The van der Waals surface area contributed by atoms with E-state index in [4.69, 9.17) is 31.2 Å². The summed E-state index contributed by atoms with van der Waals surface area (Å²) in [5.41, 5.74) is 1.36. The third kappa shape index (κ3) is 12.1. The first-order valence-corrected chi connectivity index (χ1v) is 23.8. The zero-order chi connectivity index (χ0) is 46.6. The maximum atomic E-state index is 12.9. The fraction of sp³-hybridized carbons (Fsp3) is 0.450. The minimum atomic E-state index is -4.20. The summed E-state index contributed by atoms with van der Waals surface area (Å²) in [5, 5.41) is 10.2. The van der Waals surface area contributed by atoms with Gasteiger partial charge in [0.2, 0.25) is 0 Å². The quantitative estimate of drug-likeness (QED) is 0.148.